The summed E-state index contributed by atoms with van der Waals surface area (Å²) in [6.07, 6.45) is -4.47. The van der Waals surface area contributed by atoms with Crippen molar-refractivity contribution in [3.63, 3.8) is 0 Å². The number of halogens is 3. The van der Waals surface area contributed by atoms with E-state index in [1.54, 1.807) is 48.5 Å². The number of fused-ring (bicyclic) bond motifs is 1. The van der Waals surface area contributed by atoms with Gasteiger partial charge in [-0.05, 0) is 59.9 Å². The number of para-hydroxylation sites is 1. The summed E-state index contributed by atoms with van der Waals surface area (Å²) in [4.78, 5) is 23.9. The summed E-state index contributed by atoms with van der Waals surface area (Å²) in [7, 11) is 1.25. The van der Waals surface area contributed by atoms with Gasteiger partial charge in [-0.1, -0.05) is 36.4 Å². The van der Waals surface area contributed by atoms with Crippen molar-refractivity contribution in [2.45, 2.75) is 31.0 Å². The van der Waals surface area contributed by atoms with Gasteiger partial charge in [-0.15, -0.1) is 0 Å². The highest BCUT2D eigenvalue weighted by atomic mass is 19.4. The Balaban J connectivity index is 1.53. The second-order valence-corrected chi connectivity index (χ2v) is 8.23. The van der Waals surface area contributed by atoms with E-state index in [0.29, 0.717) is 17.0 Å². The molecule has 1 aliphatic heterocycles. The molecule has 1 heterocycles. The number of amides is 1. The number of carbonyl (C=O) groups is 2. The van der Waals surface area contributed by atoms with Crippen LogP contribution in [-0.4, -0.2) is 25.0 Å². The lowest BCUT2D eigenvalue weighted by Crippen LogP contribution is -2.33. The van der Waals surface area contributed by atoms with Crippen molar-refractivity contribution < 1.29 is 32.2 Å². The summed E-state index contributed by atoms with van der Waals surface area (Å²) >= 11 is 0. The minimum atomic E-state index is -4.63. The Kier molecular flexibility index (Phi) is 6.79. The van der Waals surface area contributed by atoms with E-state index in [1.165, 1.54) is 19.2 Å². The number of anilines is 1. The van der Waals surface area contributed by atoms with Gasteiger partial charge in [0.15, 0.2) is 0 Å². The van der Waals surface area contributed by atoms with Crippen LogP contribution in [0.1, 0.15) is 28.2 Å². The van der Waals surface area contributed by atoms with Gasteiger partial charge in [-0.2, -0.15) is 13.2 Å². The number of methoxy groups -OCH3 is 1. The smallest absolute Gasteiger partial charge is 0.416 e. The first kappa shape index (κ1) is 24.3. The highest BCUT2D eigenvalue weighted by Gasteiger charge is 2.37. The third-order valence-corrected chi connectivity index (χ3v) is 5.84. The fourth-order valence-corrected chi connectivity index (χ4v) is 4.08. The summed E-state index contributed by atoms with van der Waals surface area (Å²) in [5, 5.41) is 2.72. The van der Waals surface area contributed by atoms with Crippen molar-refractivity contribution in [1.29, 1.82) is 0 Å². The minimum absolute atomic E-state index is 0.00819. The van der Waals surface area contributed by atoms with Crippen LogP contribution in [0, 0.1) is 0 Å². The van der Waals surface area contributed by atoms with E-state index >= 15 is 0 Å². The summed E-state index contributed by atoms with van der Waals surface area (Å²) < 4.78 is 51.9. The normalized spacial score (nSPS) is 15.8. The van der Waals surface area contributed by atoms with Gasteiger partial charge in [0, 0.05) is 5.69 Å². The summed E-state index contributed by atoms with van der Waals surface area (Å²) in [5.74, 6) is -1.24. The van der Waals surface area contributed by atoms with Crippen LogP contribution in [0.3, 0.4) is 0 Å². The lowest BCUT2D eigenvalue weighted by molar-refractivity contribution is -0.142. The molecule has 2 atom stereocenters. The molecule has 0 saturated heterocycles. The van der Waals surface area contributed by atoms with Gasteiger partial charge in [0.25, 0.3) is 0 Å². The van der Waals surface area contributed by atoms with Crippen molar-refractivity contribution >= 4 is 17.6 Å². The molecule has 0 spiro atoms. The van der Waals surface area contributed by atoms with E-state index in [0.717, 1.165) is 11.6 Å². The topological polar surface area (TPSA) is 90.7 Å². The number of hydrogen-bond acceptors (Lipinski definition) is 5. The molecule has 1 amide bonds. The molecule has 0 bridgehead atoms. The number of nitrogens with two attached hydrogens (primary N) is 1. The molecule has 182 valence electrons. The Bertz CT molecular complexity index is 1240. The maximum Gasteiger partial charge on any atom is 0.416 e. The van der Waals surface area contributed by atoms with Crippen LogP contribution in [0.2, 0.25) is 0 Å². The SMILES string of the molecule is COC(=O)C(N)Cc1ccc(Oc2ccc(CC3C(=O)Nc4ccccc43)c(C(F)(F)F)c2)cc1. The van der Waals surface area contributed by atoms with Gasteiger partial charge >= 0.3 is 12.1 Å². The van der Waals surface area contributed by atoms with Crippen LogP contribution in [0.5, 0.6) is 11.5 Å². The largest absolute Gasteiger partial charge is 0.468 e. The monoisotopic (exact) mass is 484 g/mol. The first-order chi connectivity index (χ1) is 16.7. The maximum atomic E-state index is 13.9. The van der Waals surface area contributed by atoms with Gasteiger partial charge in [-0.25, -0.2) is 0 Å². The number of ether oxygens (including phenoxy) is 2. The van der Waals surface area contributed by atoms with Gasteiger partial charge in [-0.3, -0.25) is 9.59 Å². The van der Waals surface area contributed by atoms with Crippen LogP contribution in [0.4, 0.5) is 18.9 Å². The lowest BCUT2D eigenvalue weighted by Gasteiger charge is -2.17. The summed E-state index contributed by atoms with van der Waals surface area (Å²) in [6, 6.07) is 16.4. The highest BCUT2D eigenvalue weighted by Crippen LogP contribution is 2.40. The molecule has 9 heteroatoms. The molecule has 0 radical (unpaired) electrons. The van der Waals surface area contributed by atoms with Crippen LogP contribution in [-0.2, 0) is 33.3 Å². The van der Waals surface area contributed by atoms with Gasteiger partial charge in [0.05, 0.1) is 18.6 Å². The van der Waals surface area contributed by atoms with Crippen molar-refractivity contribution in [3.05, 3.63) is 89.0 Å². The third-order valence-electron chi connectivity index (χ3n) is 5.84. The predicted octanol–water partition coefficient (Wildman–Crippen LogP) is 4.82. The number of alkyl halides is 3. The Morgan fingerprint density at radius 1 is 1.06 bits per heavy atom. The number of benzene rings is 3. The molecule has 0 aromatic heterocycles. The molecular weight excluding hydrogens is 461 g/mol. The Hall–Kier alpha value is -3.85. The summed E-state index contributed by atoms with van der Waals surface area (Å²) in [6.45, 7) is 0. The zero-order valence-electron chi connectivity index (χ0n) is 18.8. The fourth-order valence-electron chi connectivity index (χ4n) is 4.08. The Morgan fingerprint density at radius 3 is 2.43 bits per heavy atom. The highest BCUT2D eigenvalue weighted by molar-refractivity contribution is 6.03. The second kappa shape index (κ2) is 9.79. The van der Waals surface area contributed by atoms with Gasteiger partial charge < -0.3 is 20.5 Å². The van der Waals surface area contributed by atoms with E-state index in [-0.39, 0.29) is 30.1 Å². The zero-order valence-corrected chi connectivity index (χ0v) is 18.8. The zero-order chi connectivity index (χ0) is 25.2. The number of nitrogens with one attached hydrogen (secondary N) is 1. The van der Waals surface area contributed by atoms with Gasteiger partial charge in [0.1, 0.15) is 17.5 Å². The van der Waals surface area contributed by atoms with E-state index in [1.807, 2.05) is 0 Å². The van der Waals surface area contributed by atoms with Crippen molar-refractivity contribution in [1.82, 2.24) is 0 Å². The van der Waals surface area contributed by atoms with E-state index in [2.05, 4.69) is 10.1 Å². The van der Waals surface area contributed by atoms with Crippen molar-refractivity contribution in [2.24, 2.45) is 5.73 Å². The molecule has 6 nitrogen and oxygen atoms in total. The predicted molar refractivity (Wildman–Crippen MR) is 123 cm³/mol. The average molecular weight is 484 g/mol. The Morgan fingerprint density at radius 2 is 1.74 bits per heavy atom. The van der Waals surface area contributed by atoms with Crippen LogP contribution < -0.4 is 15.8 Å². The molecule has 2 unspecified atom stereocenters. The first-order valence-corrected chi connectivity index (χ1v) is 10.9. The molecule has 35 heavy (non-hydrogen) atoms. The molecule has 0 saturated carbocycles. The van der Waals surface area contributed by atoms with Crippen molar-refractivity contribution in [3.8, 4) is 11.5 Å². The molecular formula is C26H23F3N2O4. The molecule has 3 aromatic rings. The first-order valence-electron chi connectivity index (χ1n) is 10.9. The van der Waals surface area contributed by atoms with Gasteiger partial charge in [0.2, 0.25) is 5.91 Å². The lowest BCUT2D eigenvalue weighted by atomic mass is 9.90. The quantitative estimate of drug-likeness (QED) is 0.470. The summed E-state index contributed by atoms with van der Waals surface area (Å²) in [5.41, 5.74) is 6.95. The molecule has 1 aliphatic rings. The van der Waals surface area contributed by atoms with E-state index < -0.39 is 29.7 Å². The molecule has 3 N–H and O–H groups in total. The number of carbonyl (C=O) groups excluding carboxylic acids is 2. The minimum Gasteiger partial charge on any atom is -0.468 e. The molecule has 3 aromatic carbocycles. The van der Waals surface area contributed by atoms with E-state index in [9.17, 15) is 22.8 Å². The van der Waals surface area contributed by atoms with Crippen molar-refractivity contribution in [2.75, 3.05) is 12.4 Å². The van der Waals surface area contributed by atoms with Crippen LogP contribution in [0.15, 0.2) is 66.7 Å². The molecule has 0 fully saturated rings. The average Bonchev–Trinajstić information content (AvgIpc) is 3.14. The number of rotatable bonds is 7. The Labute approximate surface area is 199 Å². The number of hydrogen-bond donors (Lipinski definition) is 2. The standard InChI is InChI=1S/C26H23F3N2O4/c1-34-25(33)22(30)12-15-6-9-17(10-7-15)35-18-11-8-16(21(14-18)26(27,28)29)13-20-19-4-2-3-5-23(19)31-24(20)32/h2-11,14,20,22H,12-13,30H2,1H3,(H,31,32). The fraction of sp³-hybridized carbons (Fsp3) is 0.231. The van der Waals surface area contributed by atoms with Crippen LogP contribution >= 0.6 is 0 Å². The molecule has 0 aliphatic carbocycles. The van der Waals surface area contributed by atoms with Crippen LogP contribution in [0.25, 0.3) is 0 Å². The van der Waals surface area contributed by atoms with E-state index in [4.69, 9.17) is 10.5 Å². The maximum absolute atomic E-state index is 13.9. The molecule has 4 rings (SSSR count). The third kappa shape index (κ3) is 5.46. The second-order valence-electron chi connectivity index (χ2n) is 8.23. The number of esters is 1.